The van der Waals surface area contributed by atoms with E-state index in [0.717, 1.165) is 48.5 Å². The van der Waals surface area contributed by atoms with Gasteiger partial charge in [0.2, 0.25) is 5.91 Å². The molecular weight excluding hydrogens is 510 g/mol. The molecule has 2 aliphatic rings. The fourth-order valence-corrected chi connectivity index (χ4v) is 5.43. The minimum absolute atomic E-state index is 0.0919. The second-order valence-electron chi connectivity index (χ2n) is 9.09. The molecular formula is C25H33N7O5S. The number of aromatic nitrogens is 1. The zero-order valence-corrected chi connectivity index (χ0v) is 22.2. The number of carbonyl (C=O) groups is 3. The monoisotopic (exact) mass is 543 g/mol. The highest BCUT2D eigenvalue weighted by Crippen LogP contribution is 2.27. The Morgan fingerprint density at radius 2 is 1.74 bits per heavy atom. The van der Waals surface area contributed by atoms with Crippen LogP contribution < -0.4 is 10.6 Å². The van der Waals surface area contributed by atoms with E-state index in [2.05, 4.69) is 20.5 Å². The van der Waals surface area contributed by atoms with Gasteiger partial charge >= 0.3 is 12.1 Å². The van der Waals surface area contributed by atoms with Crippen molar-refractivity contribution < 1.29 is 24.2 Å². The lowest BCUT2D eigenvalue weighted by atomic mass is 10.1. The van der Waals surface area contributed by atoms with Crippen LogP contribution in [0.5, 0.6) is 0 Å². The Morgan fingerprint density at radius 1 is 1.05 bits per heavy atom. The van der Waals surface area contributed by atoms with Gasteiger partial charge in [-0.05, 0) is 30.5 Å². The molecule has 0 spiro atoms. The Morgan fingerprint density at radius 3 is 2.39 bits per heavy atom. The number of nitrogens with one attached hydrogen (secondary N) is 2. The third-order valence-electron chi connectivity index (χ3n) is 6.34. The van der Waals surface area contributed by atoms with Crippen LogP contribution in [0, 0.1) is 0 Å². The van der Waals surface area contributed by atoms with Gasteiger partial charge < -0.3 is 25.0 Å². The average Bonchev–Trinajstić information content (AvgIpc) is 3.28. The SMILES string of the molecule is CC(=O)Nc1nc(CCc2ccc(N=CNC(=O)O)cc2)c(CN2CCN(C(=O)N3CCOCC3)CC2)s1. The van der Waals surface area contributed by atoms with Crippen LogP contribution >= 0.6 is 11.3 Å². The fraction of sp³-hybridized carbons (Fsp3) is 0.480. The van der Waals surface area contributed by atoms with E-state index in [1.165, 1.54) is 18.3 Å². The molecule has 0 atom stereocenters. The number of hydrogen-bond donors (Lipinski definition) is 3. The van der Waals surface area contributed by atoms with Crippen molar-refractivity contribution >= 4 is 46.5 Å². The van der Waals surface area contributed by atoms with E-state index in [0.29, 0.717) is 56.6 Å². The van der Waals surface area contributed by atoms with Crippen LogP contribution in [0.4, 0.5) is 20.4 Å². The maximum absolute atomic E-state index is 12.8. The van der Waals surface area contributed by atoms with Gasteiger partial charge in [0.25, 0.3) is 0 Å². The number of nitrogens with zero attached hydrogens (tertiary/aromatic N) is 5. The summed E-state index contributed by atoms with van der Waals surface area (Å²) in [5.74, 6) is -0.152. The van der Waals surface area contributed by atoms with Crippen LogP contribution in [0.15, 0.2) is 29.3 Å². The molecule has 38 heavy (non-hydrogen) atoms. The summed E-state index contributed by atoms with van der Waals surface area (Å²) in [6.45, 7) is 7.60. The van der Waals surface area contributed by atoms with Crippen molar-refractivity contribution in [1.29, 1.82) is 0 Å². The smallest absolute Gasteiger partial charge is 0.409 e. The van der Waals surface area contributed by atoms with E-state index in [9.17, 15) is 14.4 Å². The fourth-order valence-electron chi connectivity index (χ4n) is 4.33. The zero-order valence-electron chi connectivity index (χ0n) is 21.4. The second-order valence-corrected chi connectivity index (χ2v) is 10.2. The third-order valence-corrected chi connectivity index (χ3v) is 7.34. The van der Waals surface area contributed by atoms with E-state index in [1.54, 1.807) is 0 Å². The largest absolute Gasteiger partial charge is 0.465 e. The normalized spacial score (nSPS) is 16.6. The lowest BCUT2D eigenvalue weighted by molar-refractivity contribution is -0.114. The predicted molar refractivity (Wildman–Crippen MR) is 144 cm³/mol. The van der Waals surface area contributed by atoms with E-state index in [-0.39, 0.29) is 11.9 Å². The summed E-state index contributed by atoms with van der Waals surface area (Å²) in [6.07, 6.45) is 1.45. The number of thiazole rings is 1. The van der Waals surface area contributed by atoms with Crippen molar-refractivity contribution in [1.82, 2.24) is 25.0 Å². The molecule has 0 aliphatic carbocycles. The number of morpholine rings is 1. The molecule has 3 N–H and O–H groups in total. The van der Waals surface area contributed by atoms with E-state index < -0.39 is 6.09 Å². The first-order valence-electron chi connectivity index (χ1n) is 12.6. The molecule has 2 saturated heterocycles. The van der Waals surface area contributed by atoms with Gasteiger partial charge in [-0.3, -0.25) is 15.0 Å². The molecule has 4 rings (SSSR count). The quantitative estimate of drug-likeness (QED) is 0.343. The molecule has 1 aromatic carbocycles. The first-order valence-corrected chi connectivity index (χ1v) is 13.4. The molecule has 12 nitrogen and oxygen atoms in total. The number of urea groups is 1. The third kappa shape index (κ3) is 7.97. The van der Waals surface area contributed by atoms with Crippen molar-refractivity contribution in [3.05, 3.63) is 40.4 Å². The summed E-state index contributed by atoms with van der Waals surface area (Å²) in [5, 5.41) is 14.1. The molecule has 2 fully saturated rings. The first-order chi connectivity index (χ1) is 18.4. The van der Waals surface area contributed by atoms with Gasteiger partial charge in [0, 0.05) is 57.6 Å². The summed E-state index contributed by atoms with van der Waals surface area (Å²) >= 11 is 1.50. The number of piperazine rings is 1. The number of carbonyl (C=O) groups excluding carboxylic acids is 2. The number of benzene rings is 1. The molecule has 2 aliphatic heterocycles. The van der Waals surface area contributed by atoms with Crippen molar-refractivity contribution in [2.45, 2.75) is 26.3 Å². The molecule has 0 saturated carbocycles. The molecule has 13 heteroatoms. The first kappa shape index (κ1) is 27.5. The minimum Gasteiger partial charge on any atom is -0.465 e. The predicted octanol–water partition coefficient (Wildman–Crippen LogP) is 2.38. The summed E-state index contributed by atoms with van der Waals surface area (Å²) < 4.78 is 5.36. The van der Waals surface area contributed by atoms with Gasteiger partial charge in [0.05, 0.1) is 30.9 Å². The van der Waals surface area contributed by atoms with Gasteiger partial charge in [-0.15, -0.1) is 11.3 Å². The molecule has 204 valence electrons. The molecule has 3 heterocycles. The van der Waals surface area contributed by atoms with Gasteiger partial charge in [-0.25, -0.2) is 19.6 Å². The number of ether oxygens (including phenoxy) is 1. The number of aliphatic imine (C=N–C) groups is 1. The molecule has 4 amide bonds. The van der Waals surface area contributed by atoms with Gasteiger partial charge in [-0.1, -0.05) is 12.1 Å². The summed E-state index contributed by atoms with van der Waals surface area (Å²) in [6, 6.07) is 7.67. The number of amides is 4. The van der Waals surface area contributed by atoms with Crippen molar-refractivity contribution in [2.24, 2.45) is 4.99 Å². The van der Waals surface area contributed by atoms with Crippen LogP contribution in [-0.4, -0.2) is 102 Å². The van der Waals surface area contributed by atoms with Crippen molar-refractivity contribution in [2.75, 3.05) is 57.8 Å². The topological polar surface area (TPSA) is 140 Å². The molecule has 0 bridgehead atoms. The number of aryl methyl sites for hydroxylation is 2. The summed E-state index contributed by atoms with van der Waals surface area (Å²) in [5.41, 5.74) is 2.71. The molecule has 1 aromatic heterocycles. The van der Waals surface area contributed by atoms with Gasteiger partial charge in [0.1, 0.15) is 0 Å². The lowest BCUT2D eigenvalue weighted by Crippen LogP contribution is -2.54. The Bertz CT molecular complexity index is 1140. The zero-order chi connectivity index (χ0) is 26.9. The Hall–Kier alpha value is -3.55. The Balaban J connectivity index is 1.34. The van der Waals surface area contributed by atoms with Crippen LogP contribution in [0.1, 0.15) is 23.1 Å². The highest BCUT2D eigenvalue weighted by molar-refractivity contribution is 7.15. The summed E-state index contributed by atoms with van der Waals surface area (Å²) in [4.78, 5) is 50.9. The number of rotatable bonds is 8. The maximum atomic E-state index is 12.8. The van der Waals surface area contributed by atoms with E-state index >= 15 is 0 Å². The average molecular weight is 544 g/mol. The second kappa shape index (κ2) is 13.3. The highest BCUT2D eigenvalue weighted by atomic mass is 32.1. The maximum Gasteiger partial charge on any atom is 0.409 e. The molecule has 0 unspecified atom stereocenters. The van der Waals surface area contributed by atoms with Crippen LogP contribution in [-0.2, 0) is 28.9 Å². The van der Waals surface area contributed by atoms with Gasteiger partial charge in [0.15, 0.2) is 5.13 Å². The number of hydrogen-bond acceptors (Lipinski definition) is 8. The van der Waals surface area contributed by atoms with Crippen LogP contribution in [0.25, 0.3) is 0 Å². The van der Waals surface area contributed by atoms with Gasteiger partial charge in [-0.2, -0.15) is 0 Å². The Labute approximate surface area is 225 Å². The van der Waals surface area contributed by atoms with Crippen molar-refractivity contribution in [3.8, 4) is 0 Å². The molecule has 0 radical (unpaired) electrons. The van der Waals surface area contributed by atoms with E-state index in [4.69, 9.17) is 14.8 Å². The Kier molecular flexibility index (Phi) is 9.62. The molecule has 2 aromatic rings. The van der Waals surface area contributed by atoms with Crippen LogP contribution in [0.2, 0.25) is 0 Å². The summed E-state index contributed by atoms with van der Waals surface area (Å²) in [7, 11) is 0. The lowest BCUT2D eigenvalue weighted by Gasteiger charge is -2.38. The minimum atomic E-state index is -1.16. The van der Waals surface area contributed by atoms with Crippen LogP contribution in [0.3, 0.4) is 0 Å². The number of carboxylic acid groups (broad SMARTS) is 1. The standard InChI is InChI=1S/C25H33N7O5S/c1-18(33)28-23-29-21(7-4-19-2-5-20(6-3-19)26-17-27-24(34)35)22(38-23)16-30-8-10-31(11-9-30)25(36)32-12-14-37-15-13-32/h2-3,5-6,17H,4,7-16H2,1H3,(H,26,27)(H,34,35)(H,28,29,33). The number of anilines is 1. The highest BCUT2D eigenvalue weighted by Gasteiger charge is 2.27. The van der Waals surface area contributed by atoms with E-state index in [1.807, 2.05) is 34.1 Å². The van der Waals surface area contributed by atoms with Crippen molar-refractivity contribution in [3.63, 3.8) is 0 Å².